The van der Waals surface area contributed by atoms with Crippen molar-refractivity contribution in [3.05, 3.63) is 42.7 Å². The normalized spacial score (nSPS) is 20.1. The fourth-order valence-electron chi connectivity index (χ4n) is 3.88. The van der Waals surface area contributed by atoms with Gasteiger partial charge in [0.1, 0.15) is 5.75 Å². The van der Waals surface area contributed by atoms with E-state index < -0.39 is 0 Å². The zero-order valence-corrected chi connectivity index (χ0v) is 15.9. The summed E-state index contributed by atoms with van der Waals surface area (Å²) in [6, 6.07) is 9.23. The minimum atomic E-state index is -0.0160. The summed E-state index contributed by atoms with van der Waals surface area (Å²) in [6.07, 6.45) is 5.46. The first-order chi connectivity index (χ1) is 13.7. The van der Waals surface area contributed by atoms with E-state index in [9.17, 15) is 9.90 Å². The number of hydrogen-bond donors (Lipinski definition) is 2. The third-order valence-electron chi connectivity index (χ3n) is 5.37. The minimum Gasteiger partial charge on any atom is -0.506 e. The molecule has 2 amide bonds. The Balaban J connectivity index is 1.29. The number of urea groups is 1. The molecule has 2 aliphatic heterocycles. The average Bonchev–Trinajstić information content (AvgIpc) is 2.75. The molecule has 2 aliphatic rings. The average molecular weight is 382 g/mol. The van der Waals surface area contributed by atoms with E-state index in [4.69, 9.17) is 0 Å². The largest absolute Gasteiger partial charge is 0.506 e. The molecule has 0 radical (unpaired) electrons. The summed E-state index contributed by atoms with van der Waals surface area (Å²) in [4.78, 5) is 27.5. The van der Waals surface area contributed by atoms with E-state index in [0.717, 1.165) is 37.6 Å². The first-order valence-corrected chi connectivity index (χ1v) is 9.81. The topological polar surface area (TPSA) is 84.8 Å². The van der Waals surface area contributed by atoms with Crippen LogP contribution >= 0.6 is 0 Å². The number of phenols is 1. The molecule has 2 fully saturated rings. The Kier molecular flexibility index (Phi) is 5.45. The number of para-hydroxylation sites is 2. The number of anilines is 2. The first-order valence-electron chi connectivity index (χ1n) is 9.81. The van der Waals surface area contributed by atoms with Crippen LogP contribution in [0.25, 0.3) is 0 Å². The van der Waals surface area contributed by atoms with Crippen LogP contribution in [0, 0.1) is 0 Å². The van der Waals surface area contributed by atoms with Crippen LogP contribution in [0.3, 0.4) is 0 Å². The van der Waals surface area contributed by atoms with E-state index in [-0.39, 0.29) is 17.8 Å². The number of rotatable bonds is 3. The molecular weight excluding hydrogens is 356 g/mol. The number of piperazine rings is 1. The molecule has 1 aromatic heterocycles. The number of carbonyl (C=O) groups excluding carboxylic acids is 1. The van der Waals surface area contributed by atoms with Crippen molar-refractivity contribution in [2.45, 2.75) is 18.9 Å². The van der Waals surface area contributed by atoms with E-state index in [1.807, 2.05) is 29.2 Å². The molecule has 3 heterocycles. The molecule has 148 valence electrons. The highest BCUT2D eigenvalue weighted by Crippen LogP contribution is 2.27. The lowest BCUT2D eigenvalue weighted by Crippen LogP contribution is -2.56. The molecule has 8 heteroatoms. The summed E-state index contributed by atoms with van der Waals surface area (Å²) in [6.45, 7) is 4.33. The molecule has 4 rings (SSSR count). The second-order valence-electron chi connectivity index (χ2n) is 7.25. The Bertz CT molecular complexity index is 794. The van der Waals surface area contributed by atoms with Gasteiger partial charge in [-0.2, -0.15) is 0 Å². The molecule has 0 aliphatic carbocycles. The van der Waals surface area contributed by atoms with Crippen molar-refractivity contribution in [2.24, 2.45) is 0 Å². The zero-order chi connectivity index (χ0) is 19.3. The Hall–Kier alpha value is -3.03. The third kappa shape index (κ3) is 4.11. The molecule has 0 bridgehead atoms. The molecule has 2 saturated heterocycles. The van der Waals surface area contributed by atoms with Gasteiger partial charge in [-0.3, -0.25) is 0 Å². The molecule has 0 saturated carbocycles. The van der Waals surface area contributed by atoms with Crippen LogP contribution in [-0.4, -0.2) is 71.3 Å². The molecule has 1 unspecified atom stereocenters. The molecule has 8 nitrogen and oxygen atoms in total. The maximum atomic E-state index is 12.7. The lowest BCUT2D eigenvalue weighted by Gasteiger charge is -2.38. The van der Waals surface area contributed by atoms with Crippen LogP contribution in [-0.2, 0) is 0 Å². The molecule has 1 atom stereocenters. The van der Waals surface area contributed by atoms with E-state index in [2.05, 4.69) is 25.1 Å². The summed E-state index contributed by atoms with van der Waals surface area (Å²) in [7, 11) is 0. The lowest BCUT2D eigenvalue weighted by molar-refractivity contribution is 0.188. The summed E-state index contributed by atoms with van der Waals surface area (Å²) in [5, 5.41) is 13.2. The molecule has 0 spiro atoms. The predicted molar refractivity (Wildman–Crippen MR) is 108 cm³/mol. The molecular formula is C20H26N6O2. The number of aromatic hydroxyl groups is 1. The summed E-state index contributed by atoms with van der Waals surface area (Å²) in [5.41, 5.74) is 0.827. The number of benzene rings is 1. The predicted octanol–water partition coefficient (Wildman–Crippen LogP) is 1.68. The fourth-order valence-corrected chi connectivity index (χ4v) is 3.88. The van der Waals surface area contributed by atoms with Crippen LogP contribution in [0.1, 0.15) is 12.8 Å². The maximum absolute atomic E-state index is 12.7. The molecule has 28 heavy (non-hydrogen) atoms. The van der Waals surface area contributed by atoms with Gasteiger partial charge in [-0.15, -0.1) is 0 Å². The highest BCUT2D eigenvalue weighted by atomic mass is 16.3. The molecule has 2 N–H and O–H groups in total. The van der Waals surface area contributed by atoms with Crippen molar-refractivity contribution in [3.63, 3.8) is 0 Å². The monoisotopic (exact) mass is 382 g/mol. The van der Waals surface area contributed by atoms with Crippen molar-refractivity contribution in [1.29, 1.82) is 0 Å². The molecule has 1 aromatic carbocycles. The van der Waals surface area contributed by atoms with Crippen molar-refractivity contribution in [3.8, 4) is 5.75 Å². The van der Waals surface area contributed by atoms with Crippen molar-refractivity contribution in [2.75, 3.05) is 49.1 Å². The van der Waals surface area contributed by atoms with Crippen molar-refractivity contribution < 1.29 is 9.90 Å². The zero-order valence-electron chi connectivity index (χ0n) is 15.9. The van der Waals surface area contributed by atoms with Gasteiger partial charge in [0.05, 0.1) is 5.69 Å². The number of nitrogens with zero attached hydrogens (tertiary/aromatic N) is 5. The smallest absolute Gasteiger partial charge is 0.317 e. The number of aromatic nitrogens is 2. The van der Waals surface area contributed by atoms with Crippen LogP contribution in [0.4, 0.5) is 16.4 Å². The van der Waals surface area contributed by atoms with Gasteiger partial charge in [0.2, 0.25) is 5.95 Å². The Morgan fingerprint density at radius 1 is 1.00 bits per heavy atom. The summed E-state index contributed by atoms with van der Waals surface area (Å²) in [5.74, 6) is 1.00. The van der Waals surface area contributed by atoms with Gasteiger partial charge in [-0.05, 0) is 31.0 Å². The molecule has 2 aromatic rings. The van der Waals surface area contributed by atoms with Crippen molar-refractivity contribution >= 4 is 17.7 Å². The third-order valence-corrected chi connectivity index (χ3v) is 5.37. The van der Waals surface area contributed by atoms with Crippen LogP contribution in [0.2, 0.25) is 0 Å². The van der Waals surface area contributed by atoms with Gasteiger partial charge in [-0.1, -0.05) is 12.1 Å². The van der Waals surface area contributed by atoms with Crippen LogP contribution in [0.5, 0.6) is 5.75 Å². The Morgan fingerprint density at radius 2 is 1.75 bits per heavy atom. The van der Waals surface area contributed by atoms with Gasteiger partial charge >= 0.3 is 6.03 Å². The Morgan fingerprint density at radius 3 is 2.50 bits per heavy atom. The van der Waals surface area contributed by atoms with Gasteiger partial charge in [-0.25, -0.2) is 14.8 Å². The highest BCUT2D eigenvalue weighted by molar-refractivity contribution is 5.75. The quantitative estimate of drug-likeness (QED) is 0.840. The van der Waals surface area contributed by atoms with Gasteiger partial charge < -0.3 is 25.1 Å². The lowest BCUT2D eigenvalue weighted by atomic mass is 10.1. The fraction of sp³-hybridized carbons (Fsp3) is 0.450. The number of piperidine rings is 1. The number of hydrogen-bond acceptors (Lipinski definition) is 6. The number of carbonyl (C=O) groups is 1. The number of nitrogens with one attached hydrogen (secondary N) is 1. The van der Waals surface area contributed by atoms with Gasteiger partial charge in [0.25, 0.3) is 0 Å². The van der Waals surface area contributed by atoms with Gasteiger partial charge in [0, 0.05) is 57.7 Å². The second kappa shape index (κ2) is 8.33. The second-order valence-corrected chi connectivity index (χ2v) is 7.25. The number of phenolic OH excluding ortho intramolecular Hbond substituents is 1. The minimum absolute atomic E-state index is 0.0160. The first kappa shape index (κ1) is 18.3. The summed E-state index contributed by atoms with van der Waals surface area (Å²) < 4.78 is 0. The SMILES string of the molecule is O=C(NC1CCCN(c2ncccn2)C1)N1CCN(c2ccccc2O)CC1. The maximum Gasteiger partial charge on any atom is 0.317 e. The Labute approximate surface area is 164 Å². The van der Waals surface area contributed by atoms with Crippen molar-refractivity contribution in [1.82, 2.24) is 20.2 Å². The van der Waals surface area contributed by atoms with E-state index >= 15 is 0 Å². The van der Waals surface area contributed by atoms with Crippen LogP contribution in [0.15, 0.2) is 42.7 Å². The number of amides is 2. The van der Waals surface area contributed by atoms with Crippen LogP contribution < -0.4 is 15.1 Å². The van der Waals surface area contributed by atoms with E-state index in [0.29, 0.717) is 26.2 Å². The standard InChI is InChI=1S/C20H26N6O2/c27-18-7-2-1-6-17(18)24-11-13-25(14-12-24)20(28)23-16-5-3-10-26(15-16)19-21-8-4-9-22-19/h1-2,4,6-9,16,27H,3,5,10-15H2,(H,23,28). The summed E-state index contributed by atoms with van der Waals surface area (Å²) >= 11 is 0. The highest BCUT2D eigenvalue weighted by Gasteiger charge is 2.27. The van der Waals surface area contributed by atoms with E-state index in [1.54, 1.807) is 18.5 Å². The van der Waals surface area contributed by atoms with E-state index in [1.165, 1.54) is 0 Å². The van der Waals surface area contributed by atoms with Gasteiger partial charge in [0.15, 0.2) is 0 Å².